The number of aliphatic imine (C=N–C) groups is 1. The zero-order chi connectivity index (χ0) is 9.35. The van der Waals surface area contributed by atoms with E-state index in [0.29, 0.717) is 10.7 Å². The molecule has 0 aromatic heterocycles. The summed E-state index contributed by atoms with van der Waals surface area (Å²) in [6.45, 7) is 6.17. The van der Waals surface area contributed by atoms with Gasteiger partial charge in [-0.3, -0.25) is 0 Å². The molecule has 1 rings (SSSR count). The summed E-state index contributed by atoms with van der Waals surface area (Å²) in [4.78, 5) is 4.22. The molecule has 0 fully saturated rings. The molecular formula is C8H12N2OS. The van der Waals surface area contributed by atoms with Crippen LogP contribution in [0.25, 0.3) is 0 Å². The van der Waals surface area contributed by atoms with Crippen LogP contribution in [0, 0.1) is 5.41 Å². The second kappa shape index (κ2) is 2.86. The van der Waals surface area contributed by atoms with E-state index in [2.05, 4.69) is 25.8 Å². The van der Waals surface area contributed by atoms with Crippen LogP contribution >= 0.6 is 12.2 Å². The highest BCUT2D eigenvalue weighted by atomic mass is 32.1. The van der Waals surface area contributed by atoms with Crippen LogP contribution in [0.15, 0.2) is 16.8 Å². The lowest BCUT2D eigenvalue weighted by atomic mass is 9.96. The molecule has 2 N–H and O–H groups in total. The second-order valence-electron chi connectivity index (χ2n) is 3.73. The van der Waals surface area contributed by atoms with Gasteiger partial charge in [0.15, 0.2) is 10.7 Å². The van der Waals surface area contributed by atoms with Crippen molar-refractivity contribution in [2.75, 3.05) is 0 Å². The first kappa shape index (κ1) is 9.19. The molecule has 1 aliphatic rings. The van der Waals surface area contributed by atoms with E-state index in [4.69, 9.17) is 22.7 Å². The van der Waals surface area contributed by atoms with Gasteiger partial charge >= 0.3 is 0 Å². The van der Waals surface area contributed by atoms with Crippen LogP contribution in [-0.2, 0) is 4.74 Å². The lowest BCUT2D eigenvalue weighted by Crippen LogP contribution is -2.11. The number of rotatable bonds is 0. The van der Waals surface area contributed by atoms with Crippen molar-refractivity contribution >= 4 is 23.2 Å². The van der Waals surface area contributed by atoms with Gasteiger partial charge in [0.1, 0.15) is 0 Å². The van der Waals surface area contributed by atoms with E-state index in [1.165, 1.54) is 0 Å². The van der Waals surface area contributed by atoms with E-state index in [0.717, 1.165) is 0 Å². The normalized spacial score (nSPS) is 21.1. The maximum atomic E-state index is 5.33. The topological polar surface area (TPSA) is 47.6 Å². The van der Waals surface area contributed by atoms with Crippen LogP contribution in [0.1, 0.15) is 20.8 Å². The smallest absolute Gasteiger partial charge is 0.293 e. The summed E-state index contributed by atoms with van der Waals surface area (Å²) in [7, 11) is 0. The number of allylic oxidation sites excluding steroid dienone is 1. The van der Waals surface area contributed by atoms with Gasteiger partial charge in [-0.2, -0.15) is 4.99 Å². The zero-order valence-electron chi connectivity index (χ0n) is 7.42. The summed E-state index contributed by atoms with van der Waals surface area (Å²) < 4.78 is 5.10. The molecule has 1 heterocycles. The van der Waals surface area contributed by atoms with Crippen LogP contribution in [-0.4, -0.2) is 11.0 Å². The van der Waals surface area contributed by atoms with Crippen LogP contribution in [0.5, 0.6) is 0 Å². The van der Waals surface area contributed by atoms with Gasteiger partial charge in [0, 0.05) is 0 Å². The van der Waals surface area contributed by atoms with E-state index >= 15 is 0 Å². The predicted octanol–water partition coefficient (Wildman–Crippen LogP) is 1.59. The molecule has 4 heteroatoms. The van der Waals surface area contributed by atoms with Gasteiger partial charge in [-0.15, -0.1) is 0 Å². The third-order valence-corrected chi connectivity index (χ3v) is 1.49. The lowest BCUT2D eigenvalue weighted by Gasteiger charge is -2.12. The van der Waals surface area contributed by atoms with Crippen molar-refractivity contribution in [3.8, 4) is 0 Å². The summed E-state index contributed by atoms with van der Waals surface area (Å²) in [5.41, 5.74) is 5.36. The minimum absolute atomic E-state index is 0.0273. The van der Waals surface area contributed by atoms with Crippen molar-refractivity contribution < 1.29 is 4.74 Å². The Kier molecular flexibility index (Phi) is 2.19. The van der Waals surface area contributed by atoms with E-state index in [1.54, 1.807) is 0 Å². The monoisotopic (exact) mass is 184 g/mol. The molecular weight excluding hydrogens is 172 g/mol. The molecule has 12 heavy (non-hydrogen) atoms. The molecule has 0 aromatic carbocycles. The maximum Gasteiger partial charge on any atom is 0.293 e. The van der Waals surface area contributed by atoms with Crippen molar-refractivity contribution in [3.05, 3.63) is 11.8 Å². The lowest BCUT2D eigenvalue weighted by molar-refractivity contribution is 0.430. The number of amidine groups is 1. The molecule has 0 unspecified atom stereocenters. The van der Waals surface area contributed by atoms with Crippen LogP contribution in [0.3, 0.4) is 0 Å². The Labute approximate surface area is 77.3 Å². The first-order valence-corrected chi connectivity index (χ1v) is 4.08. The molecule has 0 radical (unpaired) electrons. The summed E-state index contributed by atoms with van der Waals surface area (Å²) in [5.74, 6) is 0.593. The number of nitrogens with zero attached hydrogens (tertiary/aromatic N) is 1. The number of hydrogen-bond donors (Lipinski definition) is 1. The summed E-state index contributed by atoms with van der Waals surface area (Å²) >= 11 is 4.92. The number of nitrogens with two attached hydrogens (primary N) is 1. The number of thiocarbonyl (C=S) groups is 1. The highest BCUT2D eigenvalue weighted by Crippen LogP contribution is 2.21. The van der Waals surface area contributed by atoms with Gasteiger partial charge < -0.3 is 10.5 Å². The molecule has 0 amide bonds. The molecule has 0 aromatic rings. The zero-order valence-corrected chi connectivity index (χ0v) is 8.23. The van der Waals surface area contributed by atoms with Crippen LogP contribution in [0.4, 0.5) is 0 Å². The van der Waals surface area contributed by atoms with Gasteiger partial charge in [0.05, 0.1) is 0 Å². The van der Waals surface area contributed by atoms with E-state index in [-0.39, 0.29) is 11.4 Å². The molecule has 0 aliphatic carbocycles. The quantitative estimate of drug-likeness (QED) is 0.459. The minimum Gasteiger partial charge on any atom is -0.423 e. The molecule has 0 atom stereocenters. The highest BCUT2D eigenvalue weighted by molar-refractivity contribution is 7.80. The Balaban J connectivity index is 2.83. The molecule has 1 aliphatic heterocycles. The standard InChI is InChI=1S/C8H12N2OS/c1-8(2,3)4-5-6(12)10-7(9)11-5/h4H,1-3H3,(H2,9,10,12)/b5-4-. The third kappa shape index (κ3) is 2.30. The van der Waals surface area contributed by atoms with Gasteiger partial charge in [0.25, 0.3) is 6.02 Å². The Hall–Kier alpha value is -0.900. The molecule has 66 valence electrons. The average molecular weight is 184 g/mol. The van der Waals surface area contributed by atoms with Gasteiger partial charge in [0.2, 0.25) is 0 Å². The van der Waals surface area contributed by atoms with E-state index in [9.17, 15) is 0 Å². The van der Waals surface area contributed by atoms with Crippen molar-refractivity contribution in [2.24, 2.45) is 16.1 Å². The Bertz CT molecular complexity index is 273. The Morgan fingerprint density at radius 2 is 2.08 bits per heavy atom. The molecule has 0 saturated carbocycles. The molecule has 0 spiro atoms. The summed E-state index contributed by atoms with van der Waals surface area (Å²) in [6, 6.07) is 0.135. The SMILES string of the molecule is CC(C)(C)/C=C1\OC(N)=NC1=S. The van der Waals surface area contributed by atoms with Gasteiger partial charge in [-0.1, -0.05) is 33.0 Å². The van der Waals surface area contributed by atoms with Crippen LogP contribution < -0.4 is 5.73 Å². The average Bonchev–Trinajstić information content (AvgIpc) is 2.06. The molecule has 0 bridgehead atoms. The van der Waals surface area contributed by atoms with Gasteiger partial charge in [-0.25, -0.2) is 0 Å². The van der Waals surface area contributed by atoms with E-state index < -0.39 is 0 Å². The summed E-state index contributed by atoms with van der Waals surface area (Å²) in [5, 5.41) is 0. The first-order chi connectivity index (χ1) is 5.38. The second-order valence-corrected chi connectivity index (χ2v) is 4.12. The fraction of sp³-hybridized carbons (Fsp3) is 0.500. The molecule has 3 nitrogen and oxygen atoms in total. The number of hydrogen-bond acceptors (Lipinski definition) is 3. The fourth-order valence-electron chi connectivity index (χ4n) is 0.819. The van der Waals surface area contributed by atoms with Crippen molar-refractivity contribution in [1.29, 1.82) is 0 Å². The van der Waals surface area contributed by atoms with Crippen LogP contribution in [0.2, 0.25) is 0 Å². The fourth-order valence-corrected chi connectivity index (χ4v) is 1.01. The Morgan fingerprint density at radius 3 is 2.42 bits per heavy atom. The minimum atomic E-state index is 0.0273. The largest absolute Gasteiger partial charge is 0.423 e. The van der Waals surface area contributed by atoms with Crippen molar-refractivity contribution in [3.63, 3.8) is 0 Å². The third-order valence-electron chi connectivity index (χ3n) is 1.20. The maximum absolute atomic E-state index is 5.33. The Morgan fingerprint density at radius 1 is 1.50 bits per heavy atom. The number of ether oxygens (including phenoxy) is 1. The summed E-state index contributed by atoms with van der Waals surface area (Å²) in [6.07, 6.45) is 1.92. The van der Waals surface area contributed by atoms with E-state index in [1.807, 2.05) is 6.08 Å². The molecule has 0 saturated heterocycles. The highest BCUT2D eigenvalue weighted by Gasteiger charge is 2.19. The predicted molar refractivity (Wildman–Crippen MR) is 52.8 cm³/mol. The van der Waals surface area contributed by atoms with Crippen molar-refractivity contribution in [2.45, 2.75) is 20.8 Å². The first-order valence-electron chi connectivity index (χ1n) is 3.68. The van der Waals surface area contributed by atoms with Crippen molar-refractivity contribution in [1.82, 2.24) is 0 Å². The van der Waals surface area contributed by atoms with Gasteiger partial charge in [-0.05, 0) is 11.5 Å².